The Balaban J connectivity index is 1.36. The summed E-state index contributed by atoms with van der Waals surface area (Å²) in [4.78, 5) is 2.54. The van der Waals surface area contributed by atoms with E-state index in [-0.39, 0.29) is 5.41 Å². The van der Waals surface area contributed by atoms with Crippen LogP contribution >= 0.6 is 0 Å². The highest BCUT2D eigenvalue weighted by Crippen LogP contribution is 2.55. The highest BCUT2D eigenvalue weighted by molar-refractivity contribution is 6.30. The first-order valence-electron chi connectivity index (χ1n) is 17.5. The normalized spacial score (nSPS) is 13.2. The standard InChI is InChI=1S/C49H35N/c1-49(2)42-23-11-10-22-40(42)48-43(49)24-13-25-44(48)50(37-19-12-18-35(30-37)32-14-4-3-5-15-32)45-31-36-27-26-33-16-6-8-20-38(33)46(36)47-39-21-9-7-17-34(39)28-29-41(45)47/h3-31H,1-2H3. The average molecular weight is 638 g/mol. The molecule has 0 unspecified atom stereocenters. The largest absolute Gasteiger partial charge is 0.309 e. The molecule has 9 aromatic rings. The minimum Gasteiger partial charge on any atom is -0.309 e. The van der Waals surface area contributed by atoms with Crippen molar-refractivity contribution in [1.29, 1.82) is 0 Å². The molecule has 0 bridgehead atoms. The lowest BCUT2D eigenvalue weighted by Crippen LogP contribution is -2.16. The molecule has 0 aromatic heterocycles. The van der Waals surface area contributed by atoms with Gasteiger partial charge in [-0.2, -0.15) is 0 Å². The van der Waals surface area contributed by atoms with E-state index in [0.29, 0.717) is 0 Å². The van der Waals surface area contributed by atoms with Crippen LogP contribution in [0.3, 0.4) is 0 Å². The van der Waals surface area contributed by atoms with Crippen molar-refractivity contribution in [3.8, 4) is 22.3 Å². The molecule has 0 N–H and O–H groups in total. The van der Waals surface area contributed by atoms with Gasteiger partial charge in [-0.05, 0) is 84.4 Å². The minimum absolute atomic E-state index is 0.111. The fourth-order valence-corrected chi connectivity index (χ4v) is 8.64. The van der Waals surface area contributed by atoms with Crippen molar-refractivity contribution in [3.05, 3.63) is 187 Å². The van der Waals surface area contributed by atoms with Crippen molar-refractivity contribution in [2.45, 2.75) is 19.3 Å². The molecule has 9 aromatic carbocycles. The predicted molar refractivity (Wildman–Crippen MR) is 214 cm³/mol. The van der Waals surface area contributed by atoms with E-state index < -0.39 is 0 Å². The molecule has 1 nitrogen and oxygen atoms in total. The number of benzene rings is 9. The highest BCUT2D eigenvalue weighted by atomic mass is 15.1. The van der Waals surface area contributed by atoms with Crippen LogP contribution in [0.1, 0.15) is 25.0 Å². The van der Waals surface area contributed by atoms with Crippen LogP contribution in [0.4, 0.5) is 17.1 Å². The van der Waals surface area contributed by atoms with Crippen molar-refractivity contribution >= 4 is 60.2 Å². The molecule has 0 aliphatic heterocycles. The Labute approximate surface area is 292 Å². The van der Waals surface area contributed by atoms with Crippen LogP contribution in [0.5, 0.6) is 0 Å². The van der Waals surface area contributed by atoms with Gasteiger partial charge in [-0.1, -0.05) is 166 Å². The Morgan fingerprint density at radius 2 is 1.02 bits per heavy atom. The van der Waals surface area contributed by atoms with E-state index in [4.69, 9.17) is 0 Å². The Bertz CT molecular complexity index is 2790. The molecule has 1 heteroatoms. The van der Waals surface area contributed by atoms with Crippen LogP contribution in [0.15, 0.2) is 176 Å². The SMILES string of the molecule is CC1(C)c2ccccc2-c2c(N(c3cccc(-c4ccccc4)c3)c3cc4ccc5ccccc5c4c4c3ccc3ccccc34)cccc21. The Hall–Kier alpha value is -6.18. The summed E-state index contributed by atoms with van der Waals surface area (Å²) < 4.78 is 0. The molecule has 0 saturated carbocycles. The van der Waals surface area contributed by atoms with Gasteiger partial charge in [-0.15, -0.1) is 0 Å². The van der Waals surface area contributed by atoms with Gasteiger partial charge in [0.15, 0.2) is 0 Å². The maximum atomic E-state index is 2.54. The van der Waals surface area contributed by atoms with Crippen LogP contribution in [0, 0.1) is 0 Å². The molecule has 1 aliphatic carbocycles. The second-order valence-corrected chi connectivity index (χ2v) is 14.1. The third kappa shape index (κ3) is 4.20. The van der Waals surface area contributed by atoms with E-state index >= 15 is 0 Å². The lowest BCUT2D eigenvalue weighted by molar-refractivity contribution is 0.660. The molecule has 0 radical (unpaired) electrons. The topological polar surface area (TPSA) is 3.24 Å². The molecule has 0 saturated heterocycles. The van der Waals surface area contributed by atoms with Gasteiger partial charge < -0.3 is 4.90 Å². The van der Waals surface area contributed by atoms with Gasteiger partial charge in [0.2, 0.25) is 0 Å². The average Bonchev–Trinajstić information content (AvgIpc) is 3.41. The summed E-state index contributed by atoms with van der Waals surface area (Å²) in [5.41, 5.74) is 11.2. The van der Waals surface area contributed by atoms with E-state index in [9.17, 15) is 0 Å². The summed E-state index contributed by atoms with van der Waals surface area (Å²) in [6.45, 7) is 4.73. The van der Waals surface area contributed by atoms with Crippen molar-refractivity contribution in [2.75, 3.05) is 4.90 Å². The molecule has 0 fully saturated rings. The van der Waals surface area contributed by atoms with Gasteiger partial charge in [-0.25, -0.2) is 0 Å². The van der Waals surface area contributed by atoms with Gasteiger partial charge in [0.1, 0.15) is 0 Å². The summed E-state index contributed by atoms with van der Waals surface area (Å²) in [5.74, 6) is 0. The van der Waals surface area contributed by atoms with Crippen LogP contribution in [0.25, 0.3) is 65.3 Å². The summed E-state index contributed by atoms with van der Waals surface area (Å²) in [7, 11) is 0. The first-order valence-corrected chi connectivity index (χ1v) is 17.5. The molecule has 236 valence electrons. The fraction of sp³-hybridized carbons (Fsp3) is 0.0612. The summed E-state index contributed by atoms with van der Waals surface area (Å²) in [6, 6.07) is 65.0. The Morgan fingerprint density at radius 1 is 0.400 bits per heavy atom. The van der Waals surface area contributed by atoms with Crippen LogP contribution in [-0.4, -0.2) is 0 Å². The number of anilines is 3. The second kappa shape index (κ2) is 10.9. The van der Waals surface area contributed by atoms with Gasteiger partial charge in [-0.3, -0.25) is 0 Å². The number of hydrogen-bond donors (Lipinski definition) is 0. The molecule has 1 aliphatic rings. The monoisotopic (exact) mass is 637 g/mol. The third-order valence-electron chi connectivity index (χ3n) is 11.0. The van der Waals surface area contributed by atoms with E-state index in [1.165, 1.54) is 87.8 Å². The van der Waals surface area contributed by atoms with Crippen molar-refractivity contribution in [3.63, 3.8) is 0 Å². The smallest absolute Gasteiger partial charge is 0.0546 e. The molecule has 0 amide bonds. The molecular weight excluding hydrogens is 603 g/mol. The Morgan fingerprint density at radius 3 is 1.84 bits per heavy atom. The first-order chi connectivity index (χ1) is 24.6. The zero-order chi connectivity index (χ0) is 33.4. The van der Waals surface area contributed by atoms with Gasteiger partial charge in [0.05, 0.1) is 11.4 Å². The number of nitrogens with zero attached hydrogens (tertiary/aromatic N) is 1. The summed E-state index contributed by atoms with van der Waals surface area (Å²) in [6.07, 6.45) is 0. The zero-order valence-corrected chi connectivity index (χ0v) is 28.2. The first kappa shape index (κ1) is 28.8. The minimum atomic E-state index is -0.111. The van der Waals surface area contributed by atoms with Crippen molar-refractivity contribution in [2.24, 2.45) is 0 Å². The maximum Gasteiger partial charge on any atom is 0.0546 e. The second-order valence-electron chi connectivity index (χ2n) is 14.1. The number of rotatable bonds is 4. The van der Waals surface area contributed by atoms with Crippen molar-refractivity contribution in [1.82, 2.24) is 0 Å². The van der Waals surface area contributed by atoms with Crippen LogP contribution in [-0.2, 0) is 5.41 Å². The molecule has 0 heterocycles. The Kier molecular flexibility index (Phi) is 6.29. The van der Waals surface area contributed by atoms with E-state index in [1.54, 1.807) is 0 Å². The quantitative estimate of drug-likeness (QED) is 0.174. The van der Waals surface area contributed by atoms with E-state index in [1.807, 2.05) is 0 Å². The van der Waals surface area contributed by atoms with Gasteiger partial charge >= 0.3 is 0 Å². The molecular formula is C49H35N. The molecule has 50 heavy (non-hydrogen) atoms. The molecule has 0 spiro atoms. The zero-order valence-electron chi connectivity index (χ0n) is 28.2. The third-order valence-corrected chi connectivity index (χ3v) is 11.0. The lowest BCUT2D eigenvalue weighted by Gasteiger charge is -2.31. The summed E-state index contributed by atoms with van der Waals surface area (Å²) >= 11 is 0. The molecule has 0 atom stereocenters. The fourth-order valence-electron chi connectivity index (χ4n) is 8.64. The maximum absolute atomic E-state index is 2.54. The van der Waals surface area contributed by atoms with Crippen molar-refractivity contribution < 1.29 is 0 Å². The van der Waals surface area contributed by atoms with Crippen LogP contribution < -0.4 is 4.90 Å². The predicted octanol–water partition coefficient (Wildman–Crippen LogP) is 13.7. The number of hydrogen-bond acceptors (Lipinski definition) is 1. The van der Waals surface area contributed by atoms with E-state index in [0.717, 1.165) is 5.69 Å². The van der Waals surface area contributed by atoms with Crippen LogP contribution in [0.2, 0.25) is 0 Å². The van der Waals surface area contributed by atoms with Gasteiger partial charge in [0.25, 0.3) is 0 Å². The van der Waals surface area contributed by atoms with Gasteiger partial charge in [0, 0.05) is 27.4 Å². The number of fused-ring (bicyclic) bond motifs is 10. The van der Waals surface area contributed by atoms with E-state index in [2.05, 4.69) is 195 Å². The highest BCUT2D eigenvalue weighted by Gasteiger charge is 2.38. The molecule has 10 rings (SSSR count). The lowest BCUT2D eigenvalue weighted by atomic mass is 9.82. The summed E-state index contributed by atoms with van der Waals surface area (Å²) in [5, 5.41) is 10.1.